The molecule has 1 heterocycles. The number of phenols is 1. The first kappa shape index (κ1) is 21.5. The molecular weight excluding hydrogens is 377 g/mol. The van der Waals surface area contributed by atoms with Crippen molar-refractivity contribution in [2.75, 3.05) is 33.4 Å². The van der Waals surface area contributed by atoms with Crippen LogP contribution in [0.25, 0.3) is 0 Å². The third-order valence-corrected chi connectivity index (χ3v) is 5.69. The zero-order chi connectivity index (χ0) is 20.8. The molecule has 0 spiro atoms. The summed E-state index contributed by atoms with van der Waals surface area (Å²) in [5, 5.41) is 15.2. The summed E-state index contributed by atoms with van der Waals surface area (Å²) in [5.74, 6) is -0.917. The fourth-order valence-corrected chi connectivity index (χ4v) is 3.90. The highest BCUT2D eigenvalue weighted by molar-refractivity contribution is 5.94. The lowest BCUT2D eigenvalue weighted by Crippen LogP contribution is -2.45. The van der Waals surface area contributed by atoms with E-state index in [1.807, 2.05) is 0 Å². The zero-order valence-corrected chi connectivity index (χ0v) is 16.8. The normalized spacial score (nSPS) is 21.9. The number of rotatable bonds is 10. The predicted molar refractivity (Wildman–Crippen MR) is 106 cm³/mol. The number of phenolic OH excluding ortho intramolecular Hbond substituents is 1. The number of methoxy groups -OCH3 is 1. The molecule has 2 amide bonds. The fourth-order valence-electron chi connectivity index (χ4n) is 3.90. The molecule has 160 valence electrons. The van der Waals surface area contributed by atoms with Gasteiger partial charge in [-0.15, -0.1) is 0 Å². The SMILES string of the molecule is COCCNC(=O)C[C@H]1CC[C@@H](CNC(=O)c2ccc(F)c(O)c2)N1CC1CC1. The first-order valence-corrected chi connectivity index (χ1v) is 10.3. The van der Waals surface area contributed by atoms with Crippen LogP contribution in [0.15, 0.2) is 18.2 Å². The van der Waals surface area contributed by atoms with Crippen molar-refractivity contribution in [2.24, 2.45) is 5.92 Å². The maximum absolute atomic E-state index is 13.2. The molecule has 3 rings (SSSR count). The molecule has 1 aliphatic heterocycles. The number of carbonyl (C=O) groups excluding carboxylic acids is 2. The van der Waals surface area contributed by atoms with Gasteiger partial charge in [-0.3, -0.25) is 14.5 Å². The van der Waals surface area contributed by atoms with E-state index in [4.69, 9.17) is 4.74 Å². The zero-order valence-electron chi connectivity index (χ0n) is 16.8. The highest BCUT2D eigenvalue weighted by Gasteiger charge is 2.38. The molecule has 1 aliphatic carbocycles. The molecule has 1 saturated carbocycles. The summed E-state index contributed by atoms with van der Waals surface area (Å²) in [7, 11) is 1.60. The van der Waals surface area contributed by atoms with Crippen LogP contribution in [0.5, 0.6) is 5.75 Å². The van der Waals surface area contributed by atoms with Gasteiger partial charge in [-0.05, 0) is 49.8 Å². The van der Waals surface area contributed by atoms with Crippen molar-refractivity contribution in [3.8, 4) is 5.75 Å². The lowest BCUT2D eigenvalue weighted by molar-refractivity contribution is -0.122. The van der Waals surface area contributed by atoms with Crippen molar-refractivity contribution >= 4 is 11.8 Å². The molecule has 8 heteroatoms. The van der Waals surface area contributed by atoms with Crippen LogP contribution in [0.2, 0.25) is 0 Å². The fraction of sp³-hybridized carbons (Fsp3) is 0.619. The van der Waals surface area contributed by atoms with Crippen molar-refractivity contribution in [3.63, 3.8) is 0 Å². The minimum Gasteiger partial charge on any atom is -0.505 e. The number of aromatic hydroxyl groups is 1. The second-order valence-corrected chi connectivity index (χ2v) is 7.95. The number of ether oxygens (including phenoxy) is 1. The Hall–Kier alpha value is -2.19. The van der Waals surface area contributed by atoms with E-state index < -0.39 is 11.6 Å². The quantitative estimate of drug-likeness (QED) is 0.513. The van der Waals surface area contributed by atoms with Gasteiger partial charge in [0.15, 0.2) is 11.6 Å². The lowest BCUT2D eigenvalue weighted by Gasteiger charge is -2.30. The molecular formula is C21H30FN3O4. The number of halogens is 1. The van der Waals surface area contributed by atoms with Crippen LogP contribution in [0.3, 0.4) is 0 Å². The molecule has 2 atom stereocenters. The minimum atomic E-state index is -0.750. The molecule has 1 saturated heterocycles. The standard InChI is InChI=1S/C21H30FN3O4/c1-29-9-8-23-20(27)11-16-5-6-17(25(16)13-14-2-3-14)12-24-21(28)15-4-7-18(22)19(26)10-15/h4,7,10,14,16-17,26H,2-3,5-6,8-9,11-13H2,1H3,(H,23,27)(H,24,28)/t16-,17+/m1/s1. The summed E-state index contributed by atoms with van der Waals surface area (Å²) >= 11 is 0. The van der Waals surface area contributed by atoms with Crippen LogP contribution >= 0.6 is 0 Å². The number of amides is 2. The number of likely N-dealkylation sites (tertiary alicyclic amines) is 1. The molecule has 2 aliphatic rings. The molecule has 0 bridgehead atoms. The number of nitrogens with zero attached hydrogens (tertiary/aromatic N) is 1. The summed E-state index contributed by atoms with van der Waals surface area (Å²) in [6, 6.07) is 3.92. The van der Waals surface area contributed by atoms with Gasteiger partial charge < -0.3 is 20.5 Å². The van der Waals surface area contributed by atoms with E-state index >= 15 is 0 Å². The third-order valence-electron chi connectivity index (χ3n) is 5.69. The van der Waals surface area contributed by atoms with Crippen molar-refractivity contribution in [3.05, 3.63) is 29.6 Å². The van der Waals surface area contributed by atoms with Crippen molar-refractivity contribution in [2.45, 2.75) is 44.2 Å². The molecule has 0 radical (unpaired) electrons. The van der Waals surface area contributed by atoms with Gasteiger partial charge in [0.2, 0.25) is 5.91 Å². The second-order valence-electron chi connectivity index (χ2n) is 7.95. The van der Waals surface area contributed by atoms with Crippen molar-refractivity contribution in [1.82, 2.24) is 15.5 Å². The van der Waals surface area contributed by atoms with E-state index in [1.54, 1.807) is 7.11 Å². The first-order valence-electron chi connectivity index (χ1n) is 10.3. The van der Waals surface area contributed by atoms with Gasteiger partial charge in [-0.1, -0.05) is 0 Å². The average molecular weight is 407 g/mol. The number of hydrogen-bond acceptors (Lipinski definition) is 5. The van der Waals surface area contributed by atoms with Gasteiger partial charge in [0.25, 0.3) is 5.91 Å². The Bertz CT molecular complexity index is 726. The Balaban J connectivity index is 1.54. The van der Waals surface area contributed by atoms with E-state index in [-0.39, 0.29) is 29.5 Å². The summed E-state index contributed by atoms with van der Waals surface area (Å²) in [5.41, 5.74) is 0.227. The van der Waals surface area contributed by atoms with Crippen molar-refractivity contribution in [1.29, 1.82) is 0 Å². The van der Waals surface area contributed by atoms with Crippen LogP contribution in [0.4, 0.5) is 4.39 Å². The first-order chi connectivity index (χ1) is 14.0. The molecule has 1 aromatic carbocycles. The largest absolute Gasteiger partial charge is 0.505 e. The molecule has 7 nitrogen and oxygen atoms in total. The Morgan fingerprint density at radius 1 is 1.21 bits per heavy atom. The van der Waals surface area contributed by atoms with Crippen LogP contribution < -0.4 is 10.6 Å². The molecule has 0 aromatic heterocycles. The predicted octanol–water partition coefficient (Wildman–Crippen LogP) is 1.66. The molecule has 29 heavy (non-hydrogen) atoms. The number of benzene rings is 1. The molecule has 1 aromatic rings. The molecule has 2 fully saturated rings. The van der Waals surface area contributed by atoms with Crippen LogP contribution in [0.1, 0.15) is 42.5 Å². The average Bonchev–Trinajstić information content (AvgIpc) is 3.44. The summed E-state index contributed by atoms with van der Waals surface area (Å²) in [4.78, 5) is 27.0. The van der Waals surface area contributed by atoms with E-state index in [0.29, 0.717) is 32.0 Å². The van der Waals surface area contributed by atoms with E-state index in [1.165, 1.54) is 18.9 Å². The Morgan fingerprint density at radius 2 is 1.97 bits per heavy atom. The third kappa shape index (κ3) is 6.14. The van der Waals surface area contributed by atoms with Gasteiger partial charge >= 0.3 is 0 Å². The summed E-state index contributed by atoms with van der Waals surface area (Å²) in [6.45, 7) is 2.42. The highest BCUT2D eigenvalue weighted by Crippen LogP contribution is 2.35. The number of nitrogens with one attached hydrogen (secondary N) is 2. The van der Waals surface area contributed by atoms with Gasteiger partial charge in [0, 0.05) is 50.8 Å². The summed E-state index contributed by atoms with van der Waals surface area (Å²) < 4.78 is 18.2. The maximum Gasteiger partial charge on any atom is 0.251 e. The van der Waals surface area contributed by atoms with Crippen molar-refractivity contribution < 1.29 is 23.8 Å². The smallest absolute Gasteiger partial charge is 0.251 e. The van der Waals surface area contributed by atoms with Gasteiger partial charge in [-0.2, -0.15) is 0 Å². The van der Waals surface area contributed by atoms with Crippen LogP contribution in [-0.2, 0) is 9.53 Å². The minimum absolute atomic E-state index is 0.0271. The van der Waals surface area contributed by atoms with Gasteiger partial charge in [-0.25, -0.2) is 4.39 Å². The lowest BCUT2D eigenvalue weighted by atomic mass is 10.1. The van der Waals surface area contributed by atoms with E-state index in [9.17, 15) is 19.1 Å². The number of hydrogen-bond donors (Lipinski definition) is 3. The van der Waals surface area contributed by atoms with Crippen LogP contribution in [-0.4, -0.2) is 67.3 Å². The second kappa shape index (κ2) is 10.0. The number of carbonyl (C=O) groups is 2. The Kier molecular flexibility index (Phi) is 7.44. The summed E-state index contributed by atoms with van der Waals surface area (Å²) in [6.07, 6.45) is 4.72. The maximum atomic E-state index is 13.2. The van der Waals surface area contributed by atoms with E-state index in [2.05, 4.69) is 15.5 Å². The highest BCUT2D eigenvalue weighted by atomic mass is 19.1. The Morgan fingerprint density at radius 3 is 2.66 bits per heavy atom. The monoisotopic (exact) mass is 407 g/mol. The topological polar surface area (TPSA) is 90.9 Å². The molecule has 3 N–H and O–H groups in total. The Labute approximate surface area is 170 Å². The van der Waals surface area contributed by atoms with E-state index in [0.717, 1.165) is 31.5 Å². The van der Waals surface area contributed by atoms with Crippen LogP contribution in [0, 0.1) is 11.7 Å². The molecule has 0 unspecified atom stereocenters. The van der Waals surface area contributed by atoms with Gasteiger partial charge in [0.05, 0.1) is 6.61 Å². The van der Waals surface area contributed by atoms with Gasteiger partial charge in [0.1, 0.15) is 0 Å².